The van der Waals surface area contributed by atoms with E-state index in [0.717, 1.165) is 15.8 Å². The lowest BCUT2D eigenvalue weighted by atomic mass is 10.1. The second kappa shape index (κ2) is 1.76. The molecule has 0 bridgehead atoms. The minimum atomic E-state index is -0.124. The van der Waals surface area contributed by atoms with Gasteiger partial charge in [-0.05, 0) is 4.78 Å². The molecule has 0 saturated heterocycles. The molecule has 0 radical (unpaired) electrons. The Morgan fingerprint density at radius 3 is 3.00 bits per heavy atom. The molecule has 10 heavy (non-hydrogen) atoms. The Balaban J connectivity index is 3.03. The minimum Gasteiger partial charge on any atom is -0.305 e. The number of fused-ring (bicyclic) bond motifs is 1. The fourth-order valence-corrected chi connectivity index (χ4v) is 1.72. The molecule has 2 aromatic heterocycles. The van der Waals surface area contributed by atoms with Crippen LogP contribution in [0, 0.1) is 0 Å². The average Bonchev–Trinajstić information content (AvgIpc) is 2.35. The lowest BCUT2D eigenvalue weighted by molar-refractivity contribution is 1.22. The van der Waals surface area contributed by atoms with Gasteiger partial charge in [0.1, 0.15) is 0 Å². The third-order valence-electron chi connectivity index (χ3n) is 1.46. The van der Waals surface area contributed by atoms with Gasteiger partial charge in [-0.25, -0.2) is 4.79 Å². The van der Waals surface area contributed by atoms with E-state index < -0.39 is 0 Å². The first kappa shape index (κ1) is 5.79. The van der Waals surface area contributed by atoms with Gasteiger partial charge >= 0.3 is 5.69 Å². The smallest absolute Gasteiger partial charge is 0.305 e. The lowest BCUT2D eigenvalue weighted by Gasteiger charge is -1.76. The second-order valence-electron chi connectivity index (χ2n) is 2.16. The number of thiophene rings is 1. The number of rotatable bonds is 0. The summed E-state index contributed by atoms with van der Waals surface area (Å²) in [5.41, 5.74) is 1.73. The van der Waals surface area contributed by atoms with Gasteiger partial charge in [0.05, 0.1) is 11.0 Å². The van der Waals surface area contributed by atoms with Gasteiger partial charge in [0.15, 0.2) is 7.85 Å². The number of hydrogen-bond acceptors (Lipinski definition) is 2. The van der Waals surface area contributed by atoms with Crippen LogP contribution >= 0.6 is 11.3 Å². The molecule has 3 nitrogen and oxygen atoms in total. The molecule has 2 rings (SSSR count). The molecule has 0 saturated carbocycles. The summed E-state index contributed by atoms with van der Waals surface area (Å²) in [6.45, 7) is 0. The van der Waals surface area contributed by atoms with E-state index in [1.807, 2.05) is 13.2 Å². The normalized spacial score (nSPS) is 10.8. The Labute approximate surface area is 61.5 Å². The van der Waals surface area contributed by atoms with E-state index in [4.69, 9.17) is 0 Å². The highest BCUT2D eigenvalue weighted by molar-refractivity contribution is 7.20. The van der Waals surface area contributed by atoms with E-state index in [9.17, 15) is 4.79 Å². The van der Waals surface area contributed by atoms with Crippen LogP contribution in [-0.4, -0.2) is 17.8 Å². The van der Waals surface area contributed by atoms with Gasteiger partial charge in [-0.2, -0.15) is 11.3 Å². The first-order valence-corrected chi connectivity index (χ1v) is 3.81. The highest BCUT2D eigenvalue weighted by Crippen LogP contribution is 2.07. The molecule has 0 aliphatic heterocycles. The van der Waals surface area contributed by atoms with Crippen molar-refractivity contribution in [3.63, 3.8) is 0 Å². The zero-order valence-corrected chi connectivity index (χ0v) is 6.21. The summed E-state index contributed by atoms with van der Waals surface area (Å²) in [6, 6.07) is 0. The van der Waals surface area contributed by atoms with Crippen molar-refractivity contribution in [2.24, 2.45) is 0 Å². The van der Waals surface area contributed by atoms with Crippen molar-refractivity contribution >= 4 is 35.0 Å². The maximum atomic E-state index is 10.7. The van der Waals surface area contributed by atoms with Gasteiger partial charge in [0.2, 0.25) is 0 Å². The molecule has 2 N–H and O–H groups in total. The zero-order valence-electron chi connectivity index (χ0n) is 5.39. The number of aromatic nitrogens is 2. The van der Waals surface area contributed by atoms with Gasteiger partial charge in [-0.15, -0.1) is 0 Å². The van der Waals surface area contributed by atoms with Crippen molar-refractivity contribution in [1.29, 1.82) is 0 Å². The van der Waals surface area contributed by atoms with Crippen molar-refractivity contribution in [2.75, 3.05) is 0 Å². The number of imidazole rings is 1. The van der Waals surface area contributed by atoms with E-state index in [1.165, 1.54) is 0 Å². The maximum Gasteiger partial charge on any atom is 0.323 e. The Hall–Kier alpha value is -0.965. The predicted molar refractivity (Wildman–Crippen MR) is 45.0 cm³/mol. The van der Waals surface area contributed by atoms with Crippen molar-refractivity contribution in [3.05, 3.63) is 15.9 Å². The molecule has 5 heteroatoms. The van der Waals surface area contributed by atoms with Crippen LogP contribution < -0.4 is 10.5 Å². The molecule has 0 amide bonds. The van der Waals surface area contributed by atoms with Crippen molar-refractivity contribution < 1.29 is 0 Å². The van der Waals surface area contributed by atoms with Crippen LogP contribution in [-0.2, 0) is 0 Å². The molecule has 0 spiro atoms. The van der Waals surface area contributed by atoms with Gasteiger partial charge in [-0.1, -0.05) is 0 Å². The molecule has 50 valence electrons. The van der Waals surface area contributed by atoms with Crippen molar-refractivity contribution in [1.82, 2.24) is 9.97 Å². The van der Waals surface area contributed by atoms with Gasteiger partial charge < -0.3 is 9.97 Å². The Morgan fingerprint density at radius 1 is 1.50 bits per heavy atom. The van der Waals surface area contributed by atoms with Crippen LogP contribution in [0.25, 0.3) is 11.0 Å². The van der Waals surface area contributed by atoms with Crippen molar-refractivity contribution in [3.8, 4) is 0 Å². The summed E-state index contributed by atoms with van der Waals surface area (Å²) in [4.78, 5) is 16.1. The van der Waals surface area contributed by atoms with Crippen LogP contribution in [0.1, 0.15) is 0 Å². The third kappa shape index (κ3) is 0.638. The number of hydrogen-bond donors (Lipinski definition) is 2. The van der Waals surface area contributed by atoms with Crippen LogP contribution in [0.4, 0.5) is 0 Å². The molecule has 0 aromatic carbocycles. The van der Waals surface area contributed by atoms with Gasteiger partial charge in [0, 0.05) is 5.38 Å². The zero-order chi connectivity index (χ0) is 7.14. The summed E-state index contributed by atoms with van der Waals surface area (Å²) >= 11 is 1.63. The molecule has 2 heterocycles. The summed E-state index contributed by atoms with van der Waals surface area (Å²) in [7, 11) is 1.98. The summed E-state index contributed by atoms with van der Waals surface area (Å²) < 4.78 is 1.15. The monoisotopic (exact) mass is 152 g/mol. The van der Waals surface area contributed by atoms with Crippen molar-refractivity contribution in [2.45, 2.75) is 0 Å². The molecule has 0 fully saturated rings. The Kier molecular flexibility index (Phi) is 1.02. The maximum absolute atomic E-state index is 10.7. The molecule has 0 aliphatic rings. The highest BCUT2D eigenvalue weighted by atomic mass is 32.1. The molecule has 0 atom stereocenters. The molecule has 0 aliphatic carbocycles. The Bertz CT molecular complexity index is 412. The fourth-order valence-electron chi connectivity index (χ4n) is 0.969. The molecule has 0 unspecified atom stereocenters. The van der Waals surface area contributed by atoms with E-state index in [2.05, 4.69) is 9.97 Å². The van der Waals surface area contributed by atoms with E-state index in [0.29, 0.717) is 0 Å². The van der Waals surface area contributed by atoms with Crippen LogP contribution in [0.3, 0.4) is 0 Å². The fraction of sp³-hybridized carbons (Fsp3) is 0. The molecule has 2 aromatic rings. The topological polar surface area (TPSA) is 48.6 Å². The standard InChI is InChI=1S/C5H5BN2OS/c6-4-3-2(1-10-4)7-5(9)8-3/h1H,6H2,(H2,7,8,9). The SMILES string of the molecule is Bc1scc2[nH]c(=O)[nH]c12. The first-order valence-electron chi connectivity index (χ1n) is 2.93. The van der Waals surface area contributed by atoms with E-state index >= 15 is 0 Å². The van der Waals surface area contributed by atoms with Crippen LogP contribution in [0.5, 0.6) is 0 Å². The third-order valence-corrected chi connectivity index (χ3v) is 2.37. The summed E-state index contributed by atoms with van der Waals surface area (Å²) in [5, 5.41) is 1.93. The average molecular weight is 152 g/mol. The van der Waals surface area contributed by atoms with Gasteiger partial charge in [0.25, 0.3) is 0 Å². The molecular formula is C5H5BN2OS. The predicted octanol–water partition coefficient (Wildman–Crippen LogP) is -0.824. The summed E-state index contributed by atoms with van der Waals surface area (Å²) in [5.74, 6) is 0. The van der Waals surface area contributed by atoms with E-state index in [-0.39, 0.29) is 5.69 Å². The first-order chi connectivity index (χ1) is 4.77. The number of aromatic amines is 2. The quantitative estimate of drug-likeness (QED) is 0.476. The van der Waals surface area contributed by atoms with E-state index in [1.54, 1.807) is 11.3 Å². The lowest BCUT2D eigenvalue weighted by Crippen LogP contribution is -2.02. The van der Waals surface area contributed by atoms with Crippen LogP contribution in [0.15, 0.2) is 10.2 Å². The number of nitrogens with one attached hydrogen (secondary N) is 2. The Morgan fingerprint density at radius 2 is 2.30 bits per heavy atom. The molecular weight excluding hydrogens is 147 g/mol. The minimum absolute atomic E-state index is 0.124. The number of H-pyrrole nitrogens is 2. The highest BCUT2D eigenvalue weighted by Gasteiger charge is 2.00. The largest absolute Gasteiger partial charge is 0.323 e. The van der Waals surface area contributed by atoms with Gasteiger partial charge in [-0.3, -0.25) is 0 Å². The van der Waals surface area contributed by atoms with Crippen LogP contribution in [0.2, 0.25) is 0 Å². The second-order valence-corrected chi connectivity index (χ2v) is 3.24. The summed E-state index contributed by atoms with van der Waals surface area (Å²) in [6.07, 6.45) is 0.